The number of alkyl halides is 1. The number of hydrogen-bond donors (Lipinski definition) is 1. The summed E-state index contributed by atoms with van der Waals surface area (Å²) in [6.07, 6.45) is 4.20. The number of carbonyl (C=O) groups excluding carboxylic acids is 1. The smallest absolute Gasteiger partial charge is 0.233 e. The largest absolute Gasteiger partial charge is 0.379 e. The van der Waals surface area contributed by atoms with E-state index in [9.17, 15) is 4.79 Å². The number of carbonyl (C=O) groups is 1. The van der Waals surface area contributed by atoms with Crippen molar-refractivity contribution in [1.29, 1.82) is 0 Å². The van der Waals surface area contributed by atoms with Crippen molar-refractivity contribution in [3.05, 3.63) is 0 Å². The van der Waals surface area contributed by atoms with Crippen molar-refractivity contribution in [3.8, 4) is 0 Å². The summed E-state index contributed by atoms with van der Waals surface area (Å²) >= 11 is 3.31. The molecule has 17 heavy (non-hydrogen) atoms. The third kappa shape index (κ3) is 6.38. The summed E-state index contributed by atoms with van der Waals surface area (Å²) in [7, 11) is 0. The topological polar surface area (TPSA) is 47.6 Å². The van der Waals surface area contributed by atoms with E-state index in [0.29, 0.717) is 19.8 Å². The lowest BCUT2D eigenvalue weighted by Gasteiger charge is -2.11. The molecular formula is C12H22BrNO3. The standard InChI is InChI=1S/C12H22BrNO3/c1-2-11(13)12(15)14-6-4-7-16-9-10-5-3-8-17-10/h10-11H,2-9H2,1H3,(H,14,15). The SMILES string of the molecule is CCC(Br)C(=O)NCCCOCC1CCCO1. The molecule has 0 bridgehead atoms. The molecule has 1 aliphatic heterocycles. The highest BCUT2D eigenvalue weighted by Crippen LogP contribution is 2.11. The predicted octanol–water partition coefficient (Wildman–Crippen LogP) is 1.86. The Hall–Kier alpha value is -0.130. The van der Waals surface area contributed by atoms with Crippen molar-refractivity contribution in [1.82, 2.24) is 5.32 Å². The molecule has 5 heteroatoms. The van der Waals surface area contributed by atoms with Crippen LogP contribution in [0.3, 0.4) is 0 Å². The normalized spacial score (nSPS) is 21.4. The van der Waals surface area contributed by atoms with Crippen LogP contribution in [0.5, 0.6) is 0 Å². The Balaban J connectivity index is 1.88. The van der Waals surface area contributed by atoms with Gasteiger partial charge in [0.15, 0.2) is 0 Å². The van der Waals surface area contributed by atoms with Gasteiger partial charge in [-0.05, 0) is 25.7 Å². The van der Waals surface area contributed by atoms with Crippen LogP contribution in [0.1, 0.15) is 32.6 Å². The molecule has 0 aliphatic carbocycles. The molecule has 1 fully saturated rings. The number of hydrogen-bond acceptors (Lipinski definition) is 3. The van der Waals surface area contributed by atoms with Crippen LogP contribution in [0.2, 0.25) is 0 Å². The second kappa shape index (κ2) is 8.89. The minimum atomic E-state index is -0.0738. The molecule has 0 spiro atoms. The van der Waals surface area contributed by atoms with E-state index < -0.39 is 0 Å². The van der Waals surface area contributed by atoms with Crippen molar-refractivity contribution >= 4 is 21.8 Å². The summed E-state index contributed by atoms with van der Waals surface area (Å²) in [5.41, 5.74) is 0. The molecular weight excluding hydrogens is 286 g/mol. The molecule has 1 aliphatic rings. The first-order chi connectivity index (χ1) is 8.24. The minimum Gasteiger partial charge on any atom is -0.379 e. The van der Waals surface area contributed by atoms with Crippen LogP contribution >= 0.6 is 15.9 Å². The maximum atomic E-state index is 11.4. The van der Waals surface area contributed by atoms with Gasteiger partial charge < -0.3 is 14.8 Å². The lowest BCUT2D eigenvalue weighted by Crippen LogP contribution is -2.32. The van der Waals surface area contributed by atoms with Gasteiger partial charge in [0.05, 0.1) is 17.5 Å². The van der Waals surface area contributed by atoms with Crippen molar-refractivity contribution < 1.29 is 14.3 Å². The van der Waals surface area contributed by atoms with Crippen molar-refractivity contribution in [2.45, 2.75) is 43.5 Å². The van der Waals surface area contributed by atoms with Gasteiger partial charge in [0.25, 0.3) is 0 Å². The van der Waals surface area contributed by atoms with Gasteiger partial charge in [-0.2, -0.15) is 0 Å². The summed E-state index contributed by atoms with van der Waals surface area (Å²) in [4.78, 5) is 11.3. The molecule has 0 aromatic heterocycles. The van der Waals surface area contributed by atoms with Crippen LogP contribution in [0.15, 0.2) is 0 Å². The summed E-state index contributed by atoms with van der Waals surface area (Å²) in [5, 5.41) is 2.86. The number of amides is 1. The molecule has 1 amide bonds. The molecule has 4 nitrogen and oxygen atoms in total. The van der Waals surface area contributed by atoms with Crippen molar-refractivity contribution in [2.24, 2.45) is 0 Å². The average molecular weight is 308 g/mol. The first kappa shape index (κ1) is 14.9. The fourth-order valence-corrected chi connectivity index (χ4v) is 1.83. The van der Waals surface area contributed by atoms with E-state index >= 15 is 0 Å². The Bertz CT molecular complexity index is 220. The molecule has 1 N–H and O–H groups in total. The highest BCUT2D eigenvalue weighted by Gasteiger charge is 2.15. The molecule has 0 aromatic carbocycles. The molecule has 1 rings (SSSR count). The zero-order valence-electron chi connectivity index (χ0n) is 10.4. The highest BCUT2D eigenvalue weighted by molar-refractivity contribution is 9.10. The van der Waals surface area contributed by atoms with Gasteiger partial charge in [-0.3, -0.25) is 4.79 Å². The van der Waals surface area contributed by atoms with E-state index in [1.165, 1.54) is 0 Å². The Morgan fingerprint density at radius 1 is 1.65 bits per heavy atom. The van der Waals surface area contributed by atoms with Crippen LogP contribution in [-0.4, -0.2) is 43.2 Å². The van der Waals surface area contributed by atoms with E-state index in [0.717, 1.165) is 32.3 Å². The van der Waals surface area contributed by atoms with Crippen LogP contribution in [0.4, 0.5) is 0 Å². The summed E-state index contributed by atoms with van der Waals surface area (Å²) < 4.78 is 10.9. The Kier molecular flexibility index (Phi) is 7.81. The van der Waals surface area contributed by atoms with Crippen LogP contribution in [0.25, 0.3) is 0 Å². The fourth-order valence-electron chi connectivity index (χ4n) is 1.67. The van der Waals surface area contributed by atoms with E-state index in [2.05, 4.69) is 21.2 Å². The van der Waals surface area contributed by atoms with Gasteiger partial charge in [-0.1, -0.05) is 22.9 Å². The van der Waals surface area contributed by atoms with E-state index in [-0.39, 0.29) is 16.8 Å². The van der Waals surface area contributed by atoms with E-state index in [1.807, 2.05) is 6.92 Å². The predicted molar refractivity (Wildman–Crippen MR) is 70.4 cm³/mol. The molecule has 1 heterocycles. The van der Waals surface area contributed by atoms with Gasteiger partial charge in [0, 0.05) is 19.8 Å². The third-order valence-electron chi connectivity index (χ3n) is 2.74. The van der Waals surface area contributed by atoms with E-state index in [4.69, 9.17) is 9.47 Å². The molecule has 100 valence electrons. The van der Waals surface area contributed by atoms with Crippen molar-refractivity contribution in [3.63, 3.8) is 0 Å². The second-order valence-electron chi connectivity index (χ2n) is 4.23. The Morgan fingerprint density at radius 2 is 2.47 bits per heavy atom. The Morgan fingerprint density at radius 3 is 3.12 bits per heavy atom. The van der Waals surface area contributed by atoms with Gasteiger partial charge in [-0.15, -0.1) is 0 Å². The number of nitrogens with one attached hydrogen (secondary N) is 1. The van der Waals surface area contributed by atoms with Crippen LogP contribution in [-0.2, 0) is 14.3 Å². The number of ether oxygens (including phenoxy) is 2. The zero-order valence-corrected chi connectivity index (χ0v) is 12.0. The second-order valence-corrected chi connectivity index (χ2v) is 5.34. The maximum Gasteiger partial charge on any atom is 0.233 e. The van der Waals surface area contributed by atoms with Crippen molar-refractivity contribution in [2.75, 3.05) is 26.4 Å². The molecule has 1 saturated heterocycles. The number of rotatable bonds is 8. The highest BCUT2D eigenvalue weighted by atomic mass is 79.9. The van der Waals surface area contributed by atoms with Crippen LogP contribution in [0, 0.1) is 0 Å². The van der Waals surface area contributed by atoms with E-state index in [1.54, 1.807) is 0 Å². The first-order valence-corrected chi connectivity index (χ1v) is 7.26. The van der Waals surface area contributed by atoms with Crippen LogP contribution < -0.4 is 5.32 Å². The quantitative estimate of drug-likeness (QED) is 0.550. The van der Waals surface area contributed by atoms with Gasteiger partial charge >= 0.3 is 0 Å². The third-order valence-corrected chi connectivity index (χ3v) is 3.80. The minimum absolute atomic E-state index is 0.0617. The maximum absolute atomic E-state index is 11.4. The van der Waals surface area contributed by atoms with Gasteiger partial charge in [-0.25, -0.2) is 0 Å². The zero-order chi connectivity index (χ0) is 12.5. The molecule has 2 unspecified atom stereocenters. The molecule has 0 aromatic rings. The monoisotopic (exact) mass is 307 g/mol. The average Bonchev–Trinajstić information content (AvgIpc) is 2.85. The van der Waals surface area contributed by atoms with Gasteiger partial charge in [0.1, 0.15) is 0 Å². The summed E-state index contributed by atoms with van der Waals surface area (Å²) in [6, 6.07) is 0. The first-order valence-electron chi connectivity index (χ1n) is 6.35. The molecule has 2 atom stereocenters. The summed E-state index contributed by atoms with van der Waals surface area (Å²) in [5.74, 6) is 0.0617. The lowest BCUT2D eigenvalue weighted by atomic mass is 10.2. The Labute approximate surface area is 112 Å². The lowest BCUT2D eigenvalue weighted by molar-refractivity contribution is -0.120. The summed E-state index contributed by atoms with van der Waals surface area (Å²) in [6.45, 7) is 4.88. The fraction of sp³-hybridized carbons (Fsp3) is 0.917. The number of halogens is 1. The molecule has 0 radical (unpaired) electrons. The molecule has 0 saturated carbocycles. The van der Waals surface area contributed by atoms with Gasteiger partial charge in [0.2, 0.25) is 5.91 Å².